The van der Waals surface area contributed by atoms with E-state index in [1.54, 1.807) is 5.57 Å². The molecular formula is C17H23BrO. The highest BCUT2D eigenvalue weighted by Crippen LogP contribution is 2.52. The lowest BCUT2D eigenvalue weighted by Gasteiger charge is -2.48. The predicted octanol–water partition coefficient (Wildman–Crippen LogP) is 4.96. The molecule has 0 bridgehead atoms. The van der Waals surface area contributed by atoms with Gasteiger partial charge in [0.25, 0.3) is 0 Å². The van der Waals surface area contributed by atoms with Gasteiger partial charge in [0.2, 0.25) is 0 Å². The summed E-state index contributed by atoms with van der Waals surface area (Å²) >= 11 is 3.56. The molecule has 1 saturated carbocycles. The molecule has 0 aliphatic heterocycles. The quantitative estimate of drug-likeness (QED) is 0.550. The minimum absolute atomic E-state index is 0.300. The second-order valence-electron chi connectivity index (χ2n) is 6.02. The molecule has 0 spiro atoms. The van der Waals surface area contributed by atoms with E-state index in [1.165, 1.54) is 17.6 Å². The van der Waals surface area contributed by atoms with Gasteiger partial charge < -0.3 is 4.74 Å². The lowest BCUT2D eigenvalue weighted by molar-refractivity contribution is 0.0189. The van der Waals surface area contributed by atoms with E-state index in [-0.39, 0.29) is 0 Å². The molecule has 0 N–H and O–H groups in total. The maximum atomic E-state index is 5.89. The van der Waals surface area contributed by atoms with Crippen molar-refractivity contribution < 1.29 is 4.74 Å². The van der Waals surface area contributed by atoms with Gasteiger partial charge in [-0.15, -0.1) is 0 Å². The van der Waals surface area contributed by atoms with Crippen molar-refractivity contribution >= 4 is 15.9 Å². The van der Waals surface area contributed by atoms with Gasteiger partial charge in [-0.3, -0.25) is 0 Å². The summed E-state index contributed by atoms with van der Waals surface area (Å²) in [6, 6.07) is 10.4. The molecule has 1 aliphatic carbocycles. The Bertz CT molecular complexity index is 448. The van der Waals surface area contributed by atoms with Gasteiger partial charge in [-0.1, -0.05) is 71.3 Å². The van der Waals surface area contributed by atoms with Gasteiger partial charge >= 0.3 is 0 Å². The van der Waals surface area contributed by atoms with Gasteiger partial charge in [0.1, 0.15) is 0 Å². The second kappa shape index (κ2) is 6.23. The van der Waals surface area contributed by atoms with Crippen LogP contribution in [0.1, 0.15) is 32.8 Å². The Morgan fingerprint density at radius 3 is 2.58 bits per heavy atom. The number of alkyl halides is 1. The van der Waals surface area contributed by atoms with E-state index in [2.05, 4.69) is 61.0 Å². The predicted molar refractivity (Wildman–Crippen MR) is 84.5 cm³/mol. The summed E-state index contributed by atoms with van der Waals surface area (Å²) in [5.41, 5.74) is 4.66. The zero-order valence-corrected chi connectivity index (χ0v) is 13.7. The Morgan fingerprint density at radius 2 is 2.00 bits per heavy atom. The van der Waals surface area contributed by atoms with Crippen molar-refractivity contribution in [3.8, 4) is 0 Å². The minimum atomic E-state index is 0.300. The van der Waals surface area contributed by atoms with E-state index in [9.17, 15) is 0 Å². The normalized spacial score (nSPS) is 23.9. The summed E-state index contributed by atoms with van der Waals surface area (Å²) < 4.78 is 5.89. The Kier molecular flexibility index (Phi) is 4.86. The largest absolute Gasteiger partial charge is 0.376 e. The molecule has 19 heavy (non-hydrogen) atoms. The Hall–Kier alpha value is -0.600. The highest BCUT2D eigenvalue weighted by molar-refractivity contribution is 9.09. The summed E-state index contributed by atoms with van der Waals surface area (Å²) in [6.07, 6.45) is 1.19. The first-order chi connectivity index (χ1) is 9.05. The molecule has 2 heteroatoms. The third kappa shape index (κ3) is 3.29. The molecule has 0 radical (unpaired) electrons. The van der Waals surface area contributed by atoms with Gasteiger partial charge in [0.15, 0.2) is 0 Å². The van der Waals surface area contributed by atoms with E-state index in [0.717, 1.165) is 18.5 Å². The van der Waals surface area contributed by atoms with E-state index >= 15 is 0 Å². The molecule has 1 aromatic rings. The zero-order chi connectivity index (χ0) is 13.9. The summed E-state index contributed by atoms with van der Waals surface area (Å²) in [5.74, 6) is 0.653. The smallest absolute Gasteiger partial charge is 0.0717 e. The van der Waals surface area contributed by atoms with Crippen LogP contribution in [-0.4, -0.2) is 11.9 Å². The van der Waals surface area contributed by atoms with Crippen LogP contribution in [0.25, 0.3) is 0 Å². The third-order valence-electron chi connectivity index (χ3n) is 4.40. The summed E-state index contributed by atoms with van der Waals surface area (Å²) in [6.45, 7) is 8.50. The molecular weight excluding hydrogens is 300 g/mol. The average molecular weight is 323 g/mol. The molecule has 0 amide bonds. The van der Waals surface area contributed by atoms with Gasteiger partial charge in [0, 0.05) is 5.33 Å². The van der Waals surface area contributed by atoms with Crippen molar-refractivity contribution in [3.05, 3.63) is 47.0 Å². The van der Waals surface area contributed by atoms with Crippen molar-refractivity contribution in [2.45, 2.75) is 33.8 Å². The fourth-order valence-electron chi connectivity index (χ4n) is 2.85. The van der Waals surface area contributed by atoms with Crippen LogP contribution in [-0.2, 0) is 11.3 Å². The topological polar surface area (TPSA) is 9.23 Å². The molecule has 1 aliphatic rings. The number of ether oxygens (including phenoxy) is 1. The van der Waals surface area contributed by atoms with Crippen molar-refractivity contribution in [3.63, 3.8) is 0 Å². The fourth-order valence-corrected chi connectivity index (χ4v) is 3.18. The van der Waals surface area contributed by atoms with E-state index in [4.69, 9.17) is 4.74 Å². The van der Waals surface area contributed by atoms with E-state index in [1.807, 2.05) is 6.07 Å². The molecule has 2 rings (SSSR count). The first kappa shape index (κ1) is 14.8. The van der Waals surface area contributed by atoms with Gasteiger partial charge in [-0.25, -0.2) is 0 Å². The van der Waals surface area contributed by atoms with Crippen LogP contribution >= 0.6 is 15.9 Å². The average Bonchev–Trinajstić information content (AvgIpc) is 2.42. The maximum Gasteiger partial charge on any atom is 0.0717 e. The highest BCUT2D eigenvalue weighted by Gasteiger charge is 2.43. The number of halogens is 1. The number of hydrogen-bond acceptors (Lipinski definition) is 1. The molecule has 1 nitrogen and oxygen atoms in total. The fraction of sp³-hybridized carbons (Fsp3) is 0.529. The lowest BCUT2D eigenvalue weighted by Crippen LogP contribution is -2.41. The van der Waals surface area contributed by atoms with E-state index in [0.29, 0.717) is 11.3 Å². The second-order valence-corrected chi connectivity index (χ2v) is 6.58. The summed E-state index contributed by atoms with van der Waals surface area (Å²) in [4.78, 5) is 0. The van der Waals surface area contributed by atoms with Gasteiger partial charge in [-0.05, 0) is 30.2 Å². The molecule has 1 fully saturated rings. The summed E-state index contributed by atoms with van der Waals surface area (Å²) in [5, 5.41) is 0.989. The number of allylic oxidation sites excluding steroid dienone is 2. The first-order valence-corrected chi connectivity index (χ1v) is 8.04. The molecule has 1 aromatic carbocycles. The van der Waals surface area contributed by atoms with Gasteiger partial charge in [0.05, 0.1) is 13.2 Å². The van der Waals surface area contributed by atoms with Crippen LogP contribution in [0.2, 0.25) is 0 Å². The number of rotatable bonds is 5. The Morgan fingerprint density at radius 1 is 1.32 bits per heavy atom. The minimum Gasteiger partial charge on any atom is -0.376 e. The SMILES string of the molecule is C/C(CBr)=C1/CC(COCc2ccccc2)C1(C)C. The number of benzene rings is 1. The molecule has 1 atom stereocenters. The van der Waals surface area contributed by atoms with Crippen LogP contribution in [0.15, 0.2) is 41.5 Å². The molecule has 0 heterocycles. The van der Waals surface area contributed by atoms with Crippen molar-refractivity contribution in [1.82, 2.24) is 0 Å². The Labute approximate surface area is 125 Å². The first-order valence-electron chi connectivity index (χ1n) is 6.92. The third-order valence-corrected chi connectivity index (χ3v) is 5.24. The van der Waals surface area contributed by atoms with Crippen LogP contribution in [0.3, 0.4) is 0 Å². The van der Waals surface area contributed by atoms with Crippen LogP contribution in [0.5, 0.6) is 0 Å². The van der Waals surface area contributed by atoms with Crippen LogP contribution in [0.4, 0.5) is 0 Å². The molecule has 104 valence electrons. The van der Waals surface area contributed by atoms with Crippen molar-refractivity contribution in [2.75, 3.05) is 11.9 Å². The number of hydrogen-bond donors (Lipinski definition) is 0. The maximum absolute atomic E-state index is 5.89. The van der Waals surface area contributed by atoms with Crippen molar-refractivity contribution in [2.24, 2.45) is 11.3 Å². The Balaban J connectivity index is 1.83. The van der Waals surface area contributed by atoms with Crippen LogP contribution < -0.4 is 0 Å². The zero-order valence-electron chi connectivity index (χ0n) is 12.1. The van der Waals surface area contributed by atoms with Crippen molar-refractivity contribution in [1.29, 1.82) is 0 Å². The molecule has 0 saturated heterocycles. The molecule has 1 unspecified atom stereocenters. The van der Waals surface area contributed by atoms with E-state index < -0.39 is 0 Å². The monoisotopic (exact) mass is 322 g/mol. The lowest BCUT2D eigenvalue weighted by atomic mass is 9.58. The highest BCUT2D eigenvalue weighted by atomic mass is 79.9. The summed E-state index contributed by atoms with van der Waals surface area (Å²) in [7, 11) is 0. The van der Waals surface area contributed by atoms with Gasteiger partial charge in [-0.2, -0.15) is 0 Å². The standard InChI is InChI=1S/C17H23BrO/c1-13(10-18)16-9-15(17(16,2)3)12-19-11-14-7-5-4-6-8-14/h4-8,15H,9-12H2,1-3H3/b16-13+. The molecule has 0 aromatic heterocycles. The van der Waals surface area contributed by atoms with Crippen LogP contribution in [0, 0.1) is 11.3 Å².